The molecule has 0 radical (unpaired) electrons. The first-order valence-electron chi connectivity index (χ1n) is 5.83. The third kappa shape index (κ3) is 1.96. The number of aromatic nitrogens is 1. The molecule has 5 nitrogen and oxygen atoms in total. The number of nitrogen functional groups attached to an aromatic ring is 1. The van der Waals surface area contributed by atoms with Gasteiger partial charge in [0.05, 0.1) is 10.3 Å². The van der Waals surface area contributed by atoms with Crippen LogP contribution >= 0.6 is 11.3 Å². The van der Waals surface area contributed by atoms with Crippen molar-refractivity contribution in [1.82, 2.24) is 4.98 Å². The number of amides is 1. The van der Waals surface area contributed by atoms with Gasteiger partial charge in [-0.2, -0.15) is 0 Å². The number of fused-ring (bicyclic) bond motifs is 1. The zero-order chi connectivity index (χ0) is 14.3. The fourth-order valence-corrected chi connectivity index (χ4v) is 3.17. The standard InChI is InChI=1S/C14H11N3O2S/c15-13-9-5-11(7-1-3-8(18)4-2-7)20-12(9)10(6-17-13)14(16)19/h1-6,18H,(H2,15,17)(H2,16,19). The second kappa shape index (κ2) is 4.50. The maximum atomic E-state index is 11.4. The lowest BCUT2D eigenvalue weighted by Gasteiger charge is -1.99. The van der Waals surface area contributed by atoms with Gasteiger partial charge >= 0.3 is 0 Å². The number of hydrogen-bond acceptors (Lipinski definition) is 5. The Hall–Kier alpha value is -2.60. The highest BCUT2D eigenvalue weighted by atomic mass is 32.1. The first-order valence-corrected chi connectivity index (χ1v) is 6.65. The number of phenols is 1. The van der Waals surface area contributed by atoms with Gasteiger partial charge in [0.15, 0.2) is 0 Å². The highest BCUT2D eigenvalue weighted by Crippen LogP contribution is 2.37. The van der Waals surface area contributed by atoms with E-state index in [4.69, 9.17) is 11.5 Å². The van der Waals surface area contributed by atoms with Crippen molar-refractivity contribution in [2.24, 2.45) is 5.73 Å². The number of benzene rings is 1. The van der Waals surface area contributed by atoms with Crippen molar-refractivity contribution < 1.29 is 9.90 Å². The fourth-order valence-electron chi connectivity index (χ4n) is 1.99. The Balaban J connectivity index is 2.24. The SMILES string of the molecule is NC(=O)c1cnc(N)c2cc(-c3ccc(O)cc3)sc12. The van der Waals surface area contributed by atoms with E-state index in [2.05, 4.69) is 4.98 Å². The molecule has 0 aliphatic carbocycles. The Morgan fingerprint density at radius 1 is 1.25 bits per heavy atom. The number of phenolic OH excluding ortho intramolecular Hbond substituents is 1. The summed E-state index contributed by atoms with van der Waals surface area (Å²) >= 11 is 1.42. The lowest BCUT2D eigenvalue weighted by atomic mass is 10.1. The average Bonchev–Trinajstić information content (AvgIpc) is 2.85. The Bertz CT molecular complexity index is 809. The van der Waals surface area contributed by atoms with Gasteiger partial charge in [0.2, 0.25) is 0 Å². The van der Waals surface area contributed by atoms with Crippen molar-refractivity contribution >= 4 is 33.1 Å². The molecule has 100 valence electrons. The number of aromatic hydroxyl groups is 1. The summed E-state index contributed by atoms with van der Waals surface area (Å²) in [5.41, 5.74) is 12.5. The van der Waals surface area contributed by atoms with E-state index < -0.39 is 5.91 Å². The van der Waals surface area contributed by atoms with Crippen molar-refractivity contribution in [1.29, 1.82) is 0 Å². The molecule has 0 spiro atoms. The molecule has 0 aliphatic rings. The topological polar surface area (TPSA) is 102 Å². The summed E-state index contributed by atoms with van der Waals surface area (Å²) in [6.45, 7) is 0. The number of primary amides is 1. The van der Waals surface area contributed by atoms with Crippen LogP contribution in [0.4, 0.5) is 5.82 Å². The molecule has 3 rings (SSSR count). The number of rotatable bonds is 2. The first-order chi connectivity index (χ1) is 9.56. The number of hydrogen-bond donors (Lipinski definition) is 3. The minimum atomic E-state index is -0.526. The molecule has 0 saturated heterocycles. The summed E-state index contributed by atoms with van der Waals surface area (Å²) in [6, 6.07) is 8.69. The average molecular weight is 285 g/mol. The van der Waals surface area contributed by atoms with Crippen LogP contribution in [0.15, 0.2) is 36.5 Å². The van der Waals surface area contributed by atoms with Crippen LogP contribution in [0.1, 0.15) is 10.4 Å². The summed E-state index contributed by atoms with van der Waals surface area (Å²) < 4.78 is 0.730. The smallest absolute Gasteiger partial charge is 0.251 e. The van der Waals surface area contributed by atoms with E-state index in [-0.39, 0.29) is 5.75 Å². The Labute approximate surface area is 118 Å². The van der Waals surface area contributed by atoms with E-state index >= 15 is 0 Å². The molecule has 0 aliphatic heterocycles. The van der Waals surface area contributed by atoms with Gasteiger partial charge in [-0.15, -0.1) is 11.3 Å². The fraction of sp³-hybridized carbons (Fsp3) is 0. The van der Waals surface area contributed by atoms with Crippen LogP contribution < -0.4 is 11.5 Å². The van der Waals surface area contributed by atoms with Crippen LogP contribution in [0, 0.1) is 0 Å². The third-order valence-electron chi connectivity index (χ3n) is 3.00. The molecular formula is C14H11N3O2S. The Kier molecular flexibility index (Phi) is 2.80. The molecular weight excluding hydrogens is 274 g/mol. The molecule has 0 fully saturated rings. The summed E-state index contributed by atoms with van der Waals surface area (Å²) in [7, 11) is 0. The summed E-state index contributed by atoms with van der Waals surface area (Å²) in [5, 5.41) is 10.0. The number of nitrogens with two attached hydrogens (primary N) is 2. The van der Waals surface area contributed by atoms with Crippen molar-refractivity contribution in [3.05, 3.63) is 42.1 Å². The molecule has 5 N–H and O–H groups in total. The highest BCUT2D eigenvalue weighted by Gasteiger charge is 2.14. The molecule has 1 amide bonds. The number of pyridine rings is 1. The van der Waals surface area contributed by atoms with E-state index in [9.17, 15) is 9.90 Å². The van der Waals surface area contributed by atoms with Crippen molar-refractivity contribution in [3.8, 4) is 16.2 Å². The molecule has 2 aromatic heterocycles. The minimum Gasteiger partial charge on any atom is -0.508 e. The van der Waals surface area contributed by atoms with Crippen LogP contribution in [0.5, 0.6) is 5.75 Å². The maximum absolute atomic E-state index is 11.4. The summed E-state index contributed by atoms with van der Waals surface area (Å²) in [6.07, 6.45) is 1.40. The maximum Gasteiger partial charge on any atom is 0.251 e. The molecule has 6 heteroatoms. The normalized spacial score (nSPS) is 10.8. The lowest BCUT2D eigenvalue weighted by molar-refractivity contribution is 0.100. The largest absolute Gasteiger partial charge is 0.508 e. The molecule has 0 bridgehead atoms. The monoisotopic (exact) mass is 285 g/mol. The number of carbonyl (C=O) groups is 1. The highest BCUT2D eigenvalue weighted by molar-refractivity contribution is 7.22. The predicted octanol–water partition coefficient (Wildman–Crippen LogP) is 2.35. The predicted molar refractivity (Wildman–Crippen MR) is 79.7 cm³/mol. The van der Waals surface area contributed by atoms with Gasteiger partial charge in [-0.1, -0.05) is 0 Å². The zero-order valence-corrected chi connectivity index (χ0v) is 11.1. The van der Waals surface area contributed by atoms with Gasteiger partial charge in [-0.05, 0) is 35.9 Å². The van der Waals surface area contributed by atoms with Crippen molar-refractivity contribution in [2.75, 3.05) is 5.73 Å². The van der Waals surface area contributed by atoms with Gasteiger partial charge in [-0.25, -0.2) is 4.98 Å². The third-order valence-corrected chi connectivity index (χ3v) is 4.22. The number of carbonyl (C=O) groups excluding carboxylic acids is 1. The van der Waals surface area contributed by atoms with Crippen LogP contribution in [0.3, 0.4) is 0 Å². The molecule has 1 aromatic carbocycles. The van der Waals surface area contributed by atoms with E-state index in [1.807, 2.05) is 6.07 Å². The Morgan fingerprint density at radius 2 is 1.95 bits per heavy atom. The number of anilines is 1. The molecule has 20 heavy (non-hydrogen) atoms. The molecule has 0 atom stereocenters. The van der Waals surface area contributed by atoms with Gasteiger partial charge in [0.25, 0.3) is 5.91 Å². The van der Waals surface area contributed by atoms with Gasteiger partial charge in [-0.3, -0.25) is 4.79 Å². The molecule has 0 unspecified atom stereocenters. The number of nitrogens with zero attached hydrogens (tertiary/aromatic N) is 1. The van der Waals surface area contributed by atoms with Gasteiger partial charge < -0.3 is 16.6 Å². The molecule has 3 aromatic rings. The second-order valence-electron chi connectivity index (χ2n) is 4.32. The summed E-state index contributed by atoms with van der Waals surface area (Å²) in [4.78, 5) is 16.4. The Morgan fingerprint density at radius 3 is 2.60 bits per heavy atom. The van der Waals surface area contributed by atoms with Crippen LogP contribution in [0.25, 0.3) is 20.5 Å². The van der Waals surface area contributed by atoms with Gasteiger partial charge in [0.1, 0.15) is 11.6 Å². The molecule has 0 saturated carbocycles. The minimum absolute atomic E-state index is 0.203. The van der Waals surface area contributed by atoms with Crippen molar-refractivity contribution in [2.45, 2.75) is 0 Å². The molecule has 2 heterocycles. The van der Waals surface area contributed by atoms with Crippen LogP contribution in [0.2, 0.25) is 0 Å². The summed E-state index contributed by atoms with van der Waals surface area (Å²) in [5.74, 6) is 0.0433. The van der Waals surface area contributed by atoms with E-state index in [0.29, 0.717) is 11.4 Å². The first kappa shape index (κ1) is 12.4. The van der Waals surface area contributed by atoms with Crippen LogP contribution in [-0.4, -0.2) is 16.0 Å². The van der Waals surface area contributed by atoms with Gasteiger partial charge in [0, 0.05) is 16.5 Å². The second-order valence-corrected chi connectivity index (χ2v) is 5.37. The quantitative estimate of drug-likeness (QED) is 0.672. The number of thiophene rings is 1. The van der Waals surface area contributed by atoms with Crippen LogP contribution in [-0.2, 0) is 0 Å². The van der Waals surface area contributed by atoms with E-state index in [1.165, 1.54) is 17.5 Å². The van der Waals surface area contributed by atoms with Crippen molar-refractivity contribution in [3.63, 3.8) is 0 Å². The lowest BCUT2D eigenvalue weighted by Crippen LogP contribution is -2.11. The van der Waals surface area contributed by atoms with E-state index in [0.717, 1.165) is 20.5 Å². The zero-order valence-electron chi connectivity index (χ0n) is 10.3. The van der Waals surface area contributed by atoms with E-state index in [1.54, 1.807) is 24.3 Å².